The minimum absolute atomic E-state index is 0.199. The van der Waals surface area contributed by atoms with Crippen LogP contribution in [0.1, 0.15) is 49.8 Å². The van der Waals surface area contributed by atoms with Crippen LogP contribution in [0.15, 0.2) is 48.2 Å². The van der Waals surface area contributed by atoms with Crippen molar-refractivity contribution in [2.24, 2.45) is 11.8 Å². The van der Waals surface area contributed by atoms with Crippen LogP contribution in [0.3, 0.4) is 0 Å². The Balaban J connectivity index is 1.56. The summed E-state index contributed by atoms with van der Waals surface area (Å²) in [7, 11) is 0. The molecule has 3 aliphatic rings. The molecule has 2 unspecified atom stereocenters. The van der Waals surface area contributed by atoms with Crippen LogP contribution < -0.4 is 9.80 Å². The highest BCUT2D eigenvalue weighted by molar-refractivity contribution is 6.45. The van der Waals surface area contributed by atoms with E-state index in [1.54, 1.807) is 0 Å². The van der Waals surface area contributed by atoms with Gasteiger partial charge < -0.3 is 9.80 Å². The second-order valence-electron chi connectivity index (χ2n) is 10.5. The first-order chi connectivity index (χ1) is 16.3. The molecule has 3 aliphatic heterocycles. The predicted octanol–water partition coefficient (Wildman–Crippen LogP) is 5.17. The van der Waals surface area contributed by atoms with Crippen molar-refractivity contribution in [1.29, 1.82) is 0 Å². The lowest BCUT2D eigenvalue weighted by atomic mass is 9.90. The van der Waals surface area contributed by atoms with Crippen LogP contribution in [0, 0.1) is 25.7 Å². The van der Waals surface area contributed by atoms with Gasteiger partial charge in [0.05, 0.1) is 11.3 Å². The second kappa shape index (κ2) is 8.94. The fourth-order valence-corrected chi connectivity index (χ4v) is 6.02. The average molecular weight is 458 g/mol. The first-order valence-corrected chi connectivity index (χ1v) is 12.6. The molecular formula is C29H35N3O2. The third kappa shape index (κ3) is 4.02. The highest BCUT2D eigenvalue weighted by Crippen LogP contribution is 2.38. The summed E-state index contributed by atoms with van der Waals surface area (Å²) in [5.41, 5.74) is 5.95. The summed E-state index contributed by atoms with van der Waals surface area (Å²) in [5.74, 6) is 0.545. The van der Waals surface area contributed by atoms with Crippen molar-refractivity contribution < 1.29 is 9.59 Å². The molecule has 3 heterocycles. The number of anilines is 2. The van der Waals surface area contributed by atoms with E-state index in [4.69, 9.17) is 0 Å². The Morgan fingerprint density at radius 2 is 1.38 bits per heavy atom. The zero-order valence-electron chi connectivity index (χ0n) is 20.8. The molecule has 34 heavy (non-hydrogen) atoms. The van der Waals surface area contributed by atoms with Gasteiger partial charge in [0.1, 0.15) is 5.70 Å². The lowest BCUT2D eigenvalue weighted by Gasteiger charge is -2.37. The first kappa shape index (κ1) is 22.7. The van der Waals surface area contributed by atoms with Crippen molar-refractivity contribution in [3.8, 4) is 0 Å². The molecule has 5 rings (SSSR count). The zero-order chi connectivity index (χ0) is 24.0. The Bertz CT molecular complexity index is 1130. The van der Waals surface area contributed by atoms with Gasteiger partial charge in [-0.05, 0) is 80.3 Å². The number of carbonyl (C=O) groups excluding carboxylic acids is 2. The molecule has 0 bridgehead atoms. The smallest absolute Gasteiger partial charge is 0.282 e. The molecule has 2 saturated heterocycles. The van der Waals surface area contributed by atoms with E-state index in [0.717, 1.165) is 55.0 Å². The standard InChI is InChI=1S/C29H35N3O2/c1-19-7-12-25(22(4)16-19)26-27(31-17-20(2)15-21(3)18-31)29(34)32(28(26)33)24-10-8-23(9-11-24)30-13-5-6-14-30/h7-12,16,20-21H,5-6,13-15,17-18H2,1-4H3. The quantitative estimate of drug-likeness (QED) is 0.595. The van der Waals surface area contributed by atoms with Gasteiger partial charge in [0.2, 0.25) is 0 Å². The van der Waals surface area contributed by atoms with Gasteiger partial charge in [-0.1, -0.05) is 37.6 Å². The number of carbonyl (C=O) groups is 2. The highest BCUT2D eigenvalue weighted by atomic mass is 16.2. The van der Waals surface area contributed by atoms with Gasteiger partial charge in [0.25, 0.3) is 11.8 Å². The molecule has 0 N–H and O–H groups in total. The second-order valence-corrected chi connectivity index (χ2v) is 10.5. The van der Waals surface area contributed by atoms with Crippen molar-refractivity contribution in [3.63, 3.8) is 0 Å². The Morgan fingerprint density at radius 1 is 0.765 bits per heavy atom. The maximum Gasteiger partial charge on any atom is 0.282 e. The van der Waals surface area contributed by atoms with Gasteiger partial charge in [-0.25, -0.2) is 4.90 Å². The number of nitrogens with zero attached hydrogens (tertiary/aromatic N) is 3. The van der Waals surface area contributed by atoms with Crippen LogP contribution in [-0.2, 0) is 9.59 Å². The fraction of sp³-hybridized carbons (Fsp3) is 0.448. The minimum atomic E-state index is -0.216. The summed E-state index contributed by atoms with van der Waals surface area (Å²) in [6.45, 7) is 12.3. The van der Waals surface area contributed by atoms with E-state index in [9.17, 15) is 9.59 Å². The lowest BCUT2D eigenvalue weighted by molar-refractivity contribution is -0.120. The Labute approximate surface area is 203 Å². The van der Waals surface area contributed by atoms with Crippen LogP contribution in [-0.4, -0.2) is 42.9 Å². The van der Waals surface area contributed by atoms with Crippen molar-refractivity contribution in [2.75, 3.05) is 36.0 Å². The summed E-state index contributed by atoms with van der Waals surface area (Å²) < 4.78 is 0. The van der Waals surface area contributed by atoms with Gasteiger partial charge >= 0.3 is 0 Å². The number of hydrogen-bond acceptors (Lipinski definition) is 4. The van der Waals surface area contributed by atoms with Gasteiger partial charge in [-0.2, -0.15) is 0 Å². The normalized spacial score (nSPS) is 23.5. The maximum atomic E-state index is 13.9. The van der Waals surface area contributed by atoms with E-state index in [0.29, 0.717) is 28.8 Å². The number of hydrogen-bond donors (Lipinski definition) is 0. The number of rotatable bonds is 4. The predicted molar refractivity (Wildman–Crippen MR) is 138 cm³/mol. The topological polar surface area (TPSA) is 43.9 Å². The SMILES string of the molecule is Cc1ccc(C2=C(N3CC(C)CC(C)C3)C(=O)N(c3ccc(N4CCCC4)cc3)C2=O)c(C)c1. The van der Waals surface area contributed by atoms with E-state index in [1.807, 2.05) is 43.3 Å². The summed E-state index contributed by atoms with van der Waals surface area (Å²) in [6, 6.07) is 14.1. The molecule has 2 aromatic carbocycles. The molecule has 0 saturated carbocycles. The monoisotopic (exact) mass is 457 g/mol. The van der Waals surface area contributed by atoms with Crippen LogP contribution >= 0.6 is 0 Å². The zero-order valence-corrected chi connectivity index (χ0v) is 20.8. The number of amides is 2. The van der Waals surface area contributed by atoms with Gasteiger partial charge in [0.15, 0.2) is 0 Å². The highest BCUT2D eigenvalue weighted by Gasteiger charge is 2.44. The molecule has 178 valence electrons. The number of piperidine rings is 1. The molecule has 5 heteroatoms. The van der Waals surface area contributed by atoms with Gasteiger partial charge in [0, 0.05) is 31.9 Å². The van der Waals surface area contributed by atoms with Crippen molar-refractivity contribution in [2.45, 2.75) is 47.0 Å². The summed E-state index contributed by atoms with van der Waals surface area (Å²) >= 11 is 0. The van der Waals surface area contributed by atoms with E-state index < -0.39 is 0 Å². The van der Waals surface area contributed by atoms with E-state index in [2.05, 4.69) is 36.6 Å². The third-order valence-electron chi connectivity index (χ3n) is 7.47. The molecule has 0 aromatic heterocycles. The van der Waals surface area contributed by atoms with Crippen LogP contribution in [0.25, 0.3) is 5.57 Å². The number of aryl methyl sites for hydroxylation is 2. The summed E-state index contributed by atoms with van der Waals surface area (Å²) in [5, 5.41) is 0. The molecule has 2 atom stereocenters. The first-order valence-electron chi connectivity index (χ1n) is 12.6. The van der Waals surface area contributed by atoms with Crippen molar-refractivity contribution in [3.05, 3.63) is 64.9 Å². The number of likely N-dealkylation sites (tertiary alicyclic amines) is 1. The summed E-state index contributed by atoms with van der Waals surface area (Å²) in [4.78, 5) is 33.8. The number of imide groups is 1. The van der Waals surface area contributed by atoms with Crippen LogP contribution in [0.4, 0.5) is 11.4 Å². The average Bonchev–Trinajstić information content (AvgIpc) is 3.40. The molecule has 0 aliphatic carbocycles. The van der Waals surface area contributed by atoms with Crippen LogP contribution in [0.2, 0.25) is 0 Å². The maximum absolute atomic E-state index is 13.9. The molecular weight excluding hydrogens is 422 g/mol. The van der Waals surface area contributed by atoms with Crippen LogP contribution in [0.5, 0.6) is 0 Å². The summed E-state index contributed by atoms with van der Waals surface area (Å²) in [6.07, 6.45) is 3.57. The number of benzene rings is 2. The van der Waals surface area contributed by atoms with Crippen molar-refractivity contribution >= 4 is 28.8 Å². The Morgan fingerprint density at radius 3 is 2.00 bits per heavy atom. The van der Waals surface area contributed by atoms with E-state index >= 15 is 0 Å². The Kier molecular flexibility index (Phi) is 5.97. The molecule has 2 amide bonds. The van der Waals surface area contributed by atoms with Gasteiger partial charge in [-0.15, -0.1) is 0 Å². The molecule has 0 spiro atoms. The van der Waals surface area contributed by atoms with E-state index in [1.165, 1.54) is 17.7 Å². The minimum Gasteiger partial charge on any atom is -0.372 e. The fourth-order valence-electron chi connectivity index (χ4n) is 6.02. The molecule has 2 aromatic rings. The third-order valence-corrected chi connectivity index (χ3v) is 7.47. The molecule has 0 radical (unpaired) electrons. The molecule has 5 nitrogen and oxygen atoms in total. The lowest BCUT2D eigenvalue weighted by Crippen LogP contribution is -2.42. The molecule has 2 fully saturated rings. The largest absolute Gasteiger partial charge is 0.372 e. The Hall–Kier alpha value is -3.08. The van der Waals surface area contributed by atoms with Crippen molar-refractivity contribution in [1.82, 2.24) is 4.90 Å². The van der Waals surface area contributed by atoms with Gasteiger partial charge in [-0.3, -0.25) is 9.59 Å². The van der Waals surface area contributed by atoms with E-state index in [-0.39, 0.29) is 11.8 Å².